The molecule has 1 aromatic carbocycles. The molecule has 1 rings (SSSR count). The second-order valence-corrected chi connectivity index (χ2v) is 5.46. The Morgan fingerprint density at radius 3 is 2.27 bits per heavy atom. The van der Waals surface area contributed by atoms with E-state index in [-0.39, 0.29) is 5.41 Å². The van der Waals surface area contributed by atoms with Crippen molar-refractivity contribution in [1.29, 1.82) is 0 Å². The molecule has 0 radical (unpaired) electrons. The monoisotopic (exact) mass is 218 g/mol. The first-order valence-corrected chi connectivity index (χ1v) is 6.02. The summed E-state index contributed by atoms with van der Waals surface area (Å²) in [7, 11) is 0. The molecule has 1 aromatic rings. The first-order chi connectivity index (χ1) is 7.08. The average molecular weight is 218 g/mol. The zero-order valence-electron chi connectivity index (χ0n) is 9.60. The molecule has 0 fully saturated rings. The van der Waals surface area contributed by atoms with Crippen molar-refractivity contribution in [2.45, 2.75) is 25.7 Å². The molecule has 80 valence electrons. The highest BCUT2D eigenvalue weighted by atomic mass is 32.2. The van der Waals surface area contributed by atoms with E-state index in [9.17, 15) is 0 Å². The van der Waals surface area contributed by atoms with E-state index in [2.05, 4.69) is 68.7 Å². The van der Waals surface area contributed by atoms with E-state index in [4.69, 9.17) is 0 Å². The lowest BCUT2D eigenvalue weighted by Crippen LogP contribution is -1.97. The summed E-state index contributed by atoms with van der Waals surface area (Å²) >= 11 is 1.74. The summed E-state index contributed by atoms with van der Waals surface area (Å²) in [6.07, 6.45) is 6.40. The molecule has 0 N–H and O–H groups in total. The van der Waals surface area contributed by atoms with Gasteiger partial charge < -0.3 is 0 Å². The fourth-order valence-corrected chi connectivity index (χ4v) is 1.65. The fraction of sp³-hybridized carbons (Fsp3) is 0.286. The molecule has 0 aliphatic heterocycles. The van der Waals surface area contributed by atoms with Gasteiger partial charge in [0.05, 0.1) is 0 Å². The number of thioether (sulfide) groups is 1. The highest BCUT2D eigenvalue weighted by Gasteiger charge is 2.01. The number of rotatable bonds is 3. The Labute approximate surface area is 97.1 Å². The minimum absolute atomic E-state index is 0.266. The summed E-state index contributed by atoms with van der Waals surface area (Å²) < 4.78 is 0. The normalized spacial score (nSPS) is 12.7. The van der Waals surface area contributed by atoms with Crippen LogP contribution >= 0.6 is 11.8 Å². The van der Waals surface area contributed by atoms with Gasteiger partial charge in [-0.1, -0.05) is 69.0 Å². The Hall–Kier alpha value is -0.950. The molecule has 0 spiro atoms. The number of allylic oxidation sites excluding steroid dienone is 3. The first kappa shape index (κ1) is 12.1. The SMILES string of the molecule is CC(C)(C)/C=C/C=C\Sc1ccccc1. The van der Waals surface area contributed by atoms with Crippen molar-refractivity contribution >= 4 is 11.8 Å². The highest BCUT2D eigenvalue weighted by Crippen LogP contribution is 2.18. The van der Waals surface area contributed by atoms with Gasteiger partial charge in [-0.15, -0.1) is 0 Å². The fourth-order valence-electron chi connectivity index (χ4n) is 1.01. The molecule has 0 atom stereocenters. The third-order valence-corrected chi connectivity index (χ3v) is 2.57. The summed E-state index contributed by atoms with van der Waals surface area (Å²) in [6.45, 7) is 6.59. The van der Waals surface area contributed by atoms with Gasteiger partial charge in [-0.2, -0.15) is 0 Å². The molecular weight excluding hydrogens is 200 g/mol. The van der Waals surface area contributed by atoms with E-state index in [1.54, 1.807) is 11.8 Å². The quantitative estimate of drug-likeness (QED) is 0.514. The maximum Gasteiger partial charge on any atom is 0.0116 e. The lowest BCUT2D eigenvalue weighted by Gasteiger charge is -2.09. The summed E-state index contributed by atoms with van der Waals surface area (Å²) in [5.74, 6) is 0. The first-order valence-electron chi connectivity index (χ1n) is 5.14. The van der Waals surface area contributed by atoms with E-state index < -0.39 is 0 Å². The molecular formula is C14H18S. The zero-order valence-corrected chi connectivity index (χ0v) is 10.4. The Morgan fingerprint density at radius 1 is 1.00 bits per heavy atom. The average Bonchev–Trinajstić information content (AvgIpc) is 2.17. The molecule has 0 amide bonds. The molecule has 0 heterocycles. The van der Waals surface area contributed by atoms with Crippen LogP contribution in [0.2, 0.25) is 0 Å². The summed E-state index contributed by atoms with van der Waals surface area (Å²) in [4.78, 5) is 1.28. The molecule has 0 aliphatic rings. The van der Waals surface area contributed by atoms with Crippen LogP contribution in [0.3, 0.4) is 0 Å². The molecule has 0 saturated heterocycles. The van der Waals surface area contributed by atoms with E-state index in [1.807, 2.05) is 6.07 Å². The van der Waals surface area contributed by atoms with Crippen molar-refractivity contribution in [2.24, 2.45) is 5.41 Å². The molecule has 0 unspecified atom stereocenters. The molecule has 0 saturated carbocycles. The summed E-state index contributed by atoms with van der Waals surface area (Å²) in [6, 6.07) is 10.4. The topological polar surface area (TPSA) is 0 Å². The molecule has 0 aliphatic carbocycles. The molecule has 0 aromatic heterocycles. The van der Waals surface area contributed by atoms with Crippen molar-refractivity contribution < 1.29 is 0 Å². The van der Waals surface area contributed by atoms with Gasteiger partial charge in [-0.25, -0.2) is 0 Å². The maximum absolute atomic E-state index is 2.20. The Balaban J connectivity index is 2.38. The van der Waals surface area contributed by atoms with Gasteiger partial charge in [-0.3, -0.25) is 0 Å². The van der Waals surface area contributed by atoms with Crippen molar-refractivity contribution in [2.75, 3.05) is 0 Å². The van der Waals surface area contributed by atoms with Gasteiger partial charge >= 0.3 is 0 Å². The van der Waals surface area contributed by atoms with E-state index in [1.165, 1.54) is 4.90 Å². The van der Waals surface area contributed by atoms with Crippen molar-refractivity contribution in [3.8, 4) is 0 Å². The predicted octanol–water partition coefficient (Wildman–Crippen LogP) is 4.89. The van der Waals surface area contributed by atoms with Gasteiger partial charge in [-0.05, 0) is 23.0 Å². The predicted molar refractivity (Wildman–Crippen MR) is 70.0 cm³/mol. The number of hydrogen-bond donors (Lipinski definition) is 0. The lowest BCUT2D eigenvalue weighted by molar-refractivity contribution is 0.544. The number of benzene rings is 1. The van der Waals surface area contributed by atoms with Crippen LogP contribution in [0.5, 0.6) is 0 Å². The van der Waals surface area contributed by atoms with Gasteiger partial charge in [0.1, 0.15) is 0 Å². The summed E-state index contributed by atoms with van der Waals surface area (Å²) in [5.41, 5.74) is 0.266. The van der Waals surface area contributed by atoms with Crippen molar-refractivity contribution in [1.82, 2.24) is 0 Å². The molecule has 1 heteroatoms. The van der Waals surface area contributed by atoms with Gasteiger partial charge in [0.25, 0.3) is 0 Å². The van der Waals surface area contributed by atoms with E-state index in [0.717, 1.165) is 0 Å². The van der Waals surface area contributed by atoms with E-state index >= 15 is 0 Å². The van der Waals surface area contributed by atoms with Crippen LogP contribution in [0.1, 0.15) is 20.8 Å². The Morgan fingerprint density at radius 2 is 1.67 bits per heavy atom. The van der Waals surface area contributed by atoms with Crippen LogP contribution in [0.4, 0.5) is 0 Å². The number of hydrogen-bond acceptors (Lipinski definition) is 1. The molecule has 0 bridgehead atoms. The van der Waals surface area contributed by atoms with Crippen LogP contribution < -0.4 is 0 Å². The van der Waals surface area contributed by atoms with Crippen molar-refractivity contribution in [3.05, 3.63) is 54.0 Å². The Bertz CT molecular complexity index is 328. The van der Waals surface area contributed by atoms with Gasteiger partial charge in [0.2, 0.25) is 0 Å². The van der Waals surface area contributed by atoms with Crippen LogP contribution in [0, 0.1) is 5.41 Å². The molecule has 15 heavy (non-hydrogen) atoms. The minimum atomic E-state index is 0.266. The van der Waals surface area contributed by atoms with Crippen LogP contribution in [-0.4, -0.2) is 0 Å². The highest BCUT2D eigenvalue weighted by molar-refractivity contribution is 8.02. The largest absolute Gasteiger partial charge is 0.0981 e. The van der Waals surface area contributed by atoms with Crippen LogP contribution in [0.25, 0.3) is 0 Å². The second-order valence-electron chi connectivity index (χ2n) is 4.48. The van der Waals surface area contributed by atoms with Crippen LogP contribution in [-0.2, 0) is 0 Å². The van der Waals surface area contributed by atoms with E-state index in [0.29, 0.717) is 0 Å². The van der Waals surface area contributed by atoms with Crippen molar-refractivity contribution in [3.63, 3.8) is 0 Å². The van der Waals surface area contributed by atoms with Gasteiger partial charge in [0, 0.05) is 4.90 Å². The minimum Gasteiger partial charge on any atom is -0.0981 e. The Kier molecular flexibility index (Phi) is 4.70. The van der Waals surface area contributed by atoms with Crippen LogP contribution in [0.15, 0.2) is 58.9 Å². The third kappa shape index (κ3) is 6.19. The lowest BCUT2D eigenvalue weighted by atomic mass is 9.96. The third-order valence-electron chi connectivity index (χ3n) is 1.73. The summed E-state index contributed by atoms with van der Waals surface area (Å²) in [5, 5.41) is 2.11. The standard InChI is InChI=1S/C14H18S/c1-14(2,3)11-7-8-12-15-13-9-5-4-6-10-13/h4-12H,1-3H3/b11-7+,12-8-. The van der Waals surface area contributed by atoms with Gasteiger partial charge in [0.15, 0.2) is 0 Å². The zero-order chi connectivity index (χ0) is 11.1. The molecule has 0 nitrogen and oxygen atoms in total. The maximum atomic E-state index is 2.20. The smallest absolute Gasteiger partial charge is 0.0116 e. The second kappa shape index (κ2) is 5.82.